The molecule has 5 nitrogen and oxygen atoms in total. The SMILES string of the molecule is Nc1c(C(=O)O)cc2c(c1Br)C(=O)c1ccccc1C2=O. The molecule has 2 aromatic rings. The second-order valence-corrected chi connectivity index (χ2v) is 5.38. The maximum Gasteiger partial charge on any atom is 0.337 e. The summed E-state index contributed by atoms with van der Waals surface area (Å²) in [6.07, 6.45) is 0. The number of fused-ring (bicyclic) bond motifs is 2. The van der Waals surface area contributed by atoms with Crippen molar-refractivity contribution in [3.05, 3.63) is 62.6 Å². The highest BCUT2D eigenvalue weighted by atomic mass is 79.9. The molecule has 0 atom stereocenters. The molecule has 2 aromatic carbocycles. The third-order valence-electron chi connectivity index (χ3n) is 3.42. The fourth-order valence-corrected chi connectivity index (χ4v) is 3.01. The molecule has 0 unspecified atom stereocenters. The number of hydrogen-bond acceptors (Lipinski definition) is 4. The van der Waals surface area contributed by atoms with Crippen molar-refractivity contribution in [2.45, 2.75) is 0 Å². The van der Waals surface area contributed by atoms with Gasteiger partial charge in [0.1, 0.15) is 0 Å². The summed E-state index contributed by atoms with van der Waals surface area (Å²) < 4.78 is 0.144. The molecule has 104 valence electrons. The molecule has 1 aliphatic carbocycles. The van der Waals surface area contributed by atoms with Gasteiger partial charge in [-0.05, 0) is 22.0 Å². The van der Waals surface area contributed by atoms with Gasteiger partial charge in [-0.25, -0.2) is 4.79 Å². The highest BCUT2D eigenvalue weighted by Crippen LogP contribution is 2.37. The largest absolute Gasteiger partial charge is 0.478 e. The zero-order chi connectivity index (χ0) is 15.3. The molecule has 3 N–H and O–H groups in total. The summed E-state index contributed by atoms with van der Waals surface area (Å²) in [5.41, 5.74) is 6.19. The minimum absolute atomic E-state index is 0.0529. The fraction of sp³-hybridized carbons (Fsp3) is 0. The van der Waals surface area contributed by atoms with Crippen molar-refractivity contribution in [3.8, 4) is 0 Å². The first-order valence-corrected chi connectivity index (χ1v) is 6.76. The lowest BCUT2D eigenvalue weighted by Crippen LogP contribution is -2.23. The average molecular weight is 346 g/mol. The van der Waals surface area contributed by atoms with Crippen molar-refractivity contribution in [2.24, 2.45) is 0 Å². The summed E-state index contributed by atoms with van der Waals surface area (Å²) in [5.74, 6) is -1.99. The number of halogens is 1. The van der Waals surface area contributed by atoms with Crippen LogP contribution >= 0.6 is 15.9 Å². The number of hydrogen-bond donors (Lipinski definition) is 2. The quantitative estimate of drug-likeness (QED) is 0.660. The van der Waals surface area contributed by atoms with Gasteiger partial charge >= 0.3 is 5.97 Å². The molecule has 0 amide bonds. The van der Waals surface area contributed by atoms with Gasteiger partial charge in [0.05, 0.1) is 21.3 Å². The lowest BCUT2D eigenvalue weighted by Gasteiger charge is -2.20. The topological polar surface area (TPSA) is 97.5 Å². The van der Waals surface area contributed by atoms with Gasteiger partial charge in [-0.1, -0.05) is 24.3 Å². The highest BCUT2D eigenvalue weighted by Gasteiger charge is 2.33. The summed E-state index contributed by atoms with van der Waals surface area (Å²) in [5, 5.41) is 9.14. The Hall–Kier alpha value is -2.47. The summed E-state index contributed by atoms with van der Waals surface area (Å²) in [4.78, 5) is 36.2. The molecular formula is C15H8BrNO4. The van der Waals surface area contributed by atoms with Gasteiger partial charge in [0.2, 0.25) is 0 Å². The zero-order valence-corrected chi connectivity index (χ0v) is 12.1. The predicted octanol–water partition coefficient (Wildman–Crippen LogP) is 2.50. The van der Waals surface area contributed by atoms with Crippen molar-refractivity contribution in [1.82, 2.24) is 0 Å². The van der Waals surface area contributed by atoms with Gasteiger partial charge in [-0.3, -0.25) is 9.59 Å². The van der Waals surface area contributed by atoms with E-state index in [1.54, 1.807) is 24.3 Å². The van der Waals surface area contributed by atoms with Crippen LogP contribution in [0, 0.1) is 0 Å². The van der Waals surface area contributed by atoms with E-state index in [-0.39, 0.29) is 49.5 Å². The van der Waals surface area contributed by atoms with Crippen molar-refractivity contribution in [3.63, 3.8) is 0 Å². The molecule has 0 aliphatic heterocycles. The molecule has 0 aromatic heterocycles. The highest BCUT2D eigenvalue weighted by molar-refractivity contribution is 9.10. The van der Waals surface area contributed by atoms with Gasteiger partial charge in [0, 0.05) is 16.7 Å². The van der Waals surface area contributed by atoms with E-state index in [1.165, 1.54) is 0 Å². The molecule has 3 rings (SSSR count). The van der Waals surface area contributed by atoms with Crippen LogP contribution in [-0.2, 0) is 0 Å². The Labute approximate surface area is 127 Å². The van der Waals surface area contributed by atoms with Crippen LogP contribution in [0.3, 0.4) is 0 Å². The Bertz CT molecular complexity index is 842. The number of carbonyl (C=O) groups is 3. The number of ketones is 2. The maximum atomic E-state index is 12.5. The lowest BCUT2D eigenvalue weighted by molar-refractivity contribution is 0.0697. The molecule has 0 spiro atoms. The third kappa shape index (κ3) is 1.80. The van der Waals surface area contributed by atoms with E-state index in [0.29, 0.717) is 0 Å². The number of carboxylic acid groups (broad SMARTS) is 1. The normalized spacial score (nSPS) is 12.8. The summed E-state index contributed by atoms with van der Waals surface area (Å²) in [6, 6.07) is 7.58. The Kier molecular flexibility index (Phi) is 2.91. The maximum absolute atomic E-state index is 12.5. The van der Waals surface area contributed by atoms with Crippen molar-refractivity contribution in [2.75, 3.05) is 5.73 Å². The lowest BCUT2D eigenvalue weighted by atomic mass is 9.83. The Morgan fingerprint density at radius 3 is 2.19 bits per heavy atom. The summed E-state index contributed by atoms with van der Waals surface area (Å²) in [7, 11) is 0. The molecule has 6 heteroatoms. The van der Waals surface area contributed by atoms with Gasteiger partial charge in [0.15, 0.2) is 11.6 Å². The summed E-state index contributed by atoms with van der Waals surface area (Å²) in [6.45, 7) is 0. The van der Waals surface area contributed by atoms with E-state index in [1.807, 2.05) is 0 Å². The van der Waals surface area contributed by atoms with Crippen molar-refractivity contribution < 1.29 is 19.5 Å². The molecule has 21 heavy (non-hydrogen) atoms. The molecule has 0 radical (unpaired) electrons. The van der Waals surface area contributed by atoms with Crippen LogP contribution in [0.4, 0.5) is 5.69 Å². The molecule has 0 fully saturated rings. The minimum atomic E-state index is -1.25. The second kappa shape index (κ2) is 4.53. The number of anilines is 1. The van der Waals surface area contributed by atoms with E-state index in [0.717, 1.165) is 6.07 Å². The van der Waals surface area contributed by atoms with Gasteiger partial charge in [-0.15, -0.1) is 0 Å². The average Bonchev–Trinajstić information content (AvgIpc) is 2.47. The second-order valence-electron chi connectivity index (χ2n) is 4.58. The van der Waals surface area contributed by atoms with E-state index >= 15 is 0 Å². The van der Waals surface area contributed by atoms with Crippen LogP contribution in [0.25, 0.3) is 0 Å². The van der Waals surface area contributed by atoms with Crippen LogP contribution in [-0.4, -0.2) is 22.6 Å². The number of carbonyl (C=O) groups excluding carboxylic acids is 2. The number of rotatable bonds is 1. The summed E-state index contributed by atoms with van der Waals surface area (Å²) >= 11 is 3.14. The molecule has 0 heterocycles. The number of nitrogens with two attached hydrogens (primary N) is 1. The monoisotopic (exact) mass is 345 g/mol. The zero-order valence-electron chi connectivity index (χ0n) is 10.5. The van der Waals surface area contributed by atoms with Crippen LogP contribution in [0.15, 0.2) is 34.8 Å². The van der Waals surface area contributed by atoms with Crippen LogP contribution in [0.5, 0.6) is 0 Å². The number of aromatic carboxylic acids is 1. The van der Waals surface area contributed by atoms with Crippen LogP contribution in [0.2, 0.25) is 0 Å². The number of nitrogen functional groups attached to an aromatic ring is 1. The van der Waals surface area contributed by atoms with Crippen molar-refractivity contribution in [1.29, 1.82) is 0 Å². The van der Waals surface area contributed by atoms with E-state index < -0.39 is 5.97 Å². The molecule has 0 bridgehead atoms. The van der Waals surface area contributed by atoms with E-state index in [2.05, 4.69) is 15.9 Å². The van der Waals surface area contributed by atoms with E-state index in [9.17, 15) is 14.4 Å². The van der Waals surface area contributed by atoms with Crippen LogP contribution in [0.1, 0.15) is 42.2 Å². The molecule has 1 aliphatic rings. The van der Waals surface area contributed by atoms with Crippen molar-refractivity contribution >= 4 is 39.2 Å². The van der Waals surface area contributed by atoms with Gasteiger partial charge in [0.25, 0.3) is 0 Å². The fourth-order valence-electron chi connectivity index (χ4n) is 2.40. The number of carboxylic acids is 1. The molecule has 0 saturated carbocycles. The van der Waals surface area contributed by atoms with E-state index in [4.69, 9.17) is 10.8 Å². The predicted molar refractivity (Wildman–Crippen MR) is 78.8 cm³/mol. The first-order valence-electron chi connectivity index (χ1n) is 5.97. The Morgan fingerprint density at radius 2 is 1.62 bits per heavy atom. The smallest absolute Gasteiger partial charge is 0.337 e. The number of benzene rings is 2. The van der Waals surface area contributed by atoms with Gasteiger partial charge < -0.3 is 10.8 Å². The minimum Gasteiger partial charge on any atom is -0.478 e. The third-order valence-corrected chi connectivity index (χ3v) is 4.25. The molecular weight excluding hydrogens is 338 g/mol. The standard InChI is InChI=1S/C15H8BrNO4/c16-11-10-8(5-9(12(11)17)15(20)21)13(18)6-3-1-2-4-7(6)14(10)19/h1-5H,17H2,(H,20,21). The Morgan fingerprint density at radius 1 is 1.05 bits per heavy atom. The Balaban J connectivity index is 2.38. The first-order chi connectivity index (χ1) is 9.93. The van der Waals surface area contributed by atoms with Crippen LogP contribution < -0.4 is 5.73 Å². The molecule has 0 saturated heterocycles. The first kappa shape index (κ1) is 13.5. The van der Waals surface area contributed by atoms with Gasteiger partial charge in [-0.2, -0.15) is 0 Å².